The van der Waals surface area contributed by atoms with Gasteiger partial charge in [-0.2, -0.15) is 0 Å². The number of fused-ring (bicyclic) bond motifs is 1. The van der Waals surface area contributed by atoms with Crippen molar-refractivity contribution in [3.8, 4) is 0 Å². The first-order chi connectivity index (χ1) is 19.4. The first-order valence-electron chi connectivity index (χ1n) is 15.1. The van der Waals surface area contributed by atoms with E-state index in [1.54, 1.807) is 11.1 Å². The first-order valence-corrected chi connectivity index (χ1v) is 15.5. The molecule has 4 heteroatoms. The lowest BCUT2D eigenvalue weighted by molar-refractivity contribution is -0.108. The number of aldehydes is 1. The van der Waals surface area contributed by atoms with Crippen molar-refractivity contribution in [2.45, 2.75) is 71.8 Å². The van der Waals surface area contributed by atoms with Gasteiger partial charge >= 0.3 is 0 Å². The van der Waals surface area contributed by atoms with Crippen molar-refractivity contribution >= 4 is 17.9 Å². The van der Waals surface area contributed by atoms with Gasteiger partial charge in [0.25, 0.3) is 0 Å². The Bertz CT molecular complexity index is 1110. The Morgan fingerprint density at radius 2 is 1.68 bits per heavy atom. The maximum absolute atomic E-state index is 10.1. The number of hydrogen-bond donors (Lipinski definition) is 0. The van der Waals surface area contributed by atoms with Crippen LogP contribution >= 0.6 is 11.6 Å². The molecule has 0 amide bonds. The highest BCUT2D eigenvalue weighted by Crippen LogP contribution is 2.21. The third-order valence-electron chi connectivity index (χ3n) is 7.99. The van der Waals surface area contributed by atoms with E-state index in [1.165, 1.54) is 75.0 Å². The van der Waals surface area contributed by atoms with Gasteiger partial charge in [0.15, 0.2) is 0 Å². The van der Waals surface area contributed by atoms with Crippen LogP contribution in [0.5, 0.6) is 0 Å². The smallest absolute Gasteiger partial charge is 0.119 e. The van der Waals surface area contributed by atoms with E-state index in [9.17, 15) is 4.79 Å². The number of aryl methyl sites for hydroxylation is 1. The fourth-order valence-electron chi connectivity index (χ4n) is 5.50. The average molecular weight is 561 g/mol. The van der Waals surface area contributed by atoms with Gasteiger partial charge < -0.3 is 9.69 Å². The van der Waals surface area contributed by atoms with E-state index in [0.717, 1.165) is 43.0 Å². The van der Waals surface area contributed by atoms with Crippen LogP contribution in [0.15, 0.2) is 83.4 Å². The van der Waals surface area contributed by atoms with Gasteiger partial charge in [0.2, 0.25) is 0 Å². The molecule has 1 fully saturated rings. The number of rotatable bonds is 6. The third kappa shape index (κ3) is 12.4. The number of halogens is 1. The van der Waals surface area contributed by atoms with Crippen LogP contribution in [0.1, 0.15) is 67.7 Å². The number of allylic oxidation sites excluding steroid dienone is 6. The topological polar surface area (TPSA) is 23.6 Å². The quantitative estimate of drug-likeness (QED) is 0.262. The fourth-order valence-corrected chi connectivity index (χ4v) is 5.76. The lowest BCUT2D eigenvalue weighted by Crippen LogP contribution is -2.30. The minimum absolute atomic E-state index is 0.756. The lowest BCUT2D eigenvalue weighted by Gasteiger charge is -2.28. The molecule has 0 bridgehead atoms. The van der Waals surface area contributed by atoms with E-state index < -0.39 is 0 Å². The van der Waals surface area contributed by atoms with E-state index in [1.807, 2.05) is 18.2 Å². The van der Waals surface area contributed by atoms with Crippen molar-refractivity contribution in [3.05, 3.63) is 106 Å². The molecule has 0 atom stereocenters. The number of likely N-dealkylation sites (tertiary alicyclic amines) is 1. The van der Waals surface area contributed by atoms with Gasteiger partial charge in [0, 0.05) is 31.1 Å². The zero-order chi connectivity index (χ0) is 28.6. The van der Waals surface area contributed by atoms with Crippen molar-refractivity contribution in [1.29, 1.82) is 0 Å². The SMILES string of the molecule is CC1=CC(Cl)=CC=CC1.CN1CCC(CCCC=O)CC1.Cc1ccc2c(c1)CCN(Cc1ccccc1)CC2. The van der Waals surface area contributed by atoms with Crippen LogP contribution in [0, 0.1) is 12.8 Å². The number of benzene rings is 2. The van der Waals surface area contributed by atoms with E-state index in [0.29, 0.717) is 0 Å². The number of piperidine rings is 1. The molecule has 3 aliphatic rings. The molecule has 1 saturated heterocycles. The van der Waals surface area contributed by atoms with Crippen LogP contribution in [0.25, 0.3) is 0 Å². The van der Waals surface area contributed by atoms with Crippen LogP contribution in [0.2, 0.25) is 0 Å². The van der Waals surface area contributed by atoms with Crippen molar-refractivity contribution in [1.82, 2.24) is 9.80 Å². The molecule has 216 valence electrons. The highest BCUT2D eigenvalue weighted by atomic mass is 35.5. The Morgan fingerprint density at radius 1 is 0.950 bits per heavy atom. The normalized spacial score (nSPS) is 18.0. The molecule has 1 aliphatic carbocycles. The van der Waals surface area contributed by atoms with Crippen LogP contribution in [0.4, 0.5) is 0 Å². The Kier molecular flexibility index (Phi) is 14.5. The summed E-state index contributed by atoms with van der Waals surface area (Å²) in [5.74, 6) is 0.890. The molecule has 2 aromatic rings. The maximum atomic E-state index is 10.1. The van der Waals surface area contributed by atoms with Crippen molar-refractivity contribution < 1.29 is 4.79 Å². The monoisotopic (exact) mass is 560 g/mol. The largest absolute Gasteiger partial charge is 0.306 e. The third-order valence-corrected chi connectivity index (χ3v) is 8.23. The van der Waals surface area contributed by atoms with Gasteiger partial charge in [-0.25, -0.2) is 0 Å². The molecule has 0 N–H and O–H groups in total. The molecule has 2 heterocycles. The van der Waals surface area contributed by atoms with Crippen LogP contribution < -0.4 is 0 Å². The second kappa shape index (κ2) is 18.1. The molecule has 3 nitrogen and oxygen atoms in total. The minimum Gasteiger partial charge on any atom is -0.306 e. The predicted molar refractivity (Wildman–Crippen MR) is 172 cm³/mol. The van der Waals surface area contributed by atoms with E-state index in [2.05, 4.69) is 85.3 Å². The Morgan fingerprint density at radius 3 is 2.40 bits per heavy atom. The molecular formula is C36H49ClN2O. The van der Waals surface area contributed by atoms with Crippen LogP contribution in [-0.2, 0) is 24.2 Å². The lowest BCUT2D eigenvalue weighted by atomic mass is 9.92. The zero-order valence-electron chi connectivity index (χ0n) is 25.0. The minimum atomic E-state index is 0.756. The van der Waals surface area contributed by atoms with Gasteiger partial charge in [0.05, 0.1) is 0 Å². The van der Waals surface area contributed by atoms with Gasteiger partial charge in [-0.1, -0.05) is 83.4 Å². The van der Waals surface area contributed by atoms with E-state index in [-0.39, 0.29) is 0 Å². The summed E-state index contributed by atoms with van der Waals surface area (Å²) < 4.78 is 0. The van der Waals surface area contributed by atoms with E-state index >= 15 is 0 Å². The number of hydrogen-bond acceptors (Lipinski definition) is 3. The summed E-state index contributed by atoms with van der Waals surface area (Å²) in [7, 11) is 2.18. The summed E-state index contributed by atoms with van der Waals surface area (Å²) in [6.07, 6.45) is 18.2. The molecule has 0 saturated carbocycles. The number of carbonyl (C=O) groups excluding carboxylic acids is 1. The molecule has 0 radical (unpaired) electrons. The maximum Gasteiger partial charge on any atom is 0.119 e. The number of carbonyl (C=O) groups is 1. The Balaban J connectivity index is 0.000000180. The second-order valence-corrected chi connectivity index (χ2v) is 12.0. The molecule has 0 unspecified atom stereocenters. The summed E-state index contributed by atoms with van der Waals surface area (Å²) in [6.45, 7) is 10.2. The average Bonchev–Trinajstić information content (AvgIpc) is 3.27. The van der Waals surface area contributed by atoms with E-state index in [4.69, 9.17) is 11.6 Å². The number of unbranched alkanes of at least 4 members (excludes halogenated alkanes) is 1. The molecule has 5 rings (SSSR count). The predicted octanol–water partition coefficient (Wildman–Crippen LogP) is 8.31. The summed E-state index contributed by atoms with van der Waals surface area (Å²) in [4.78, 5) is 15.0. The molecule has 40 heavy (non-hydrogen) atoms. The summed E-state index contributed by atoms with van der Waals surface area (Å²) in [5, 5.41) is 0.821. The highest BCUT2D eigenvalue weighted by molar-refractivity contribution is 6.31. The first kappa shape index (κ1) is 32.1. The second-order valence-electron chi connectivity index (χ2n) is 11.6. The van der Waals surface area contributed by atoms with Crippen LogP contribution in [0.3, 0.4) is 0 Å². The van der Waals surface area contributed by atoms with Crippen LogP contribution in [-0.4, -0.2) is 49.3 Å². The van der Waals surface area contributed by atoms with Gasteiger partial charge in [-0.05, 0) is 114 Å². The molecular weight excluding hydrogens is 512 g/mol. The number of nitrogens with zero attached hydrogens (tertiary/aromatic N) is 2. The molecule has 0 spiro atoms. The van der Waals surface area contributed by atoms with Crippen molar-refractivity contribution in [2.75, 3.05) is 33.2 Å². The van der Waals surface area contributed by atoms with Crippen molar-refractivity contribution in [2.24, 2.45) is 5.92 Å². The van der Waals surface area contributed by atoms with Gasteiger partial charge in [0.1, 0.15) is 6.29 Å². The Labute approximate surface area is 248 Å². The zero-order valence-corrected chi connectivity index (χ0v) is 25.7. The summed E-state index contributed by atoms with van der Waals surface area (Å²) >= 11 is 5.75. The molecule has 2 aliphatic heterocycles. The standard InChI is InChI=1S/C18H21N.C10H19NO.C8H9Cl/c1-15-7-8-17-9-11-19(12-10-18(17)13-15)14-16-5-3-2-4-6-16;1-11-7-5-10(6-8-11)4-2-3-9-12;1-7-4-2-3-5-8(9)6-7/h2-8,13H,9-12,14H2,1H3;9-10H,2-8H2,1H3;2-3,5-6H,4H2,1H3. The summed E-state index contributed by atoms with van der Waals surface area (Å²) in [6, 6.07) is 17.7. The van der Waals surface area contributed by atoms with Crippen molar-refractivity contribution in [3.63, 3.8) is 0 Å². The molecule has 0 aromatic heterocycles. The Hall–Kier alpha value is -2.46. The van der Waals surface area contributed by atoms with Gasteiger partial charge in [-0.3, -0.25) is 4.90 Å². The highest BCUT2D eigenvalue weighted by Gasteiger charge is 2.16. The van der Waals surface area contributed by atoms with Gasteiger partial charge in [-0.15, -0.1) is 0 Å². The fraction of sp³-hybridized carbons (Fsp3) is 0.472. The molecule has 2 aromatic carbocycles. The summed E-state index contributed by atoms with van der Waals surface area (Å²) in [5.41, 5.74) is 7.21.